The topological polar surface area (TPSA) is 70.6 Å². The van der Waals surface area contributed by atoms with Gasteiger partial charge in [-0.2, -0.15) is 0 Å². The predicted octanol–water partition coefficient (Wildman–Crippen LogP) is 3.37. The van der Waals surface area contributed by atoms with Crippen molar-refractivity contribution < 1.29 is 9.53 Å². The van der Waals surface area contributed by atoms with Gasteiger partial charge in [-0.25, -0.2) is 9.97 Å². The summed E-state index contributed by atoms with van der Waals surface area (Å²) in [4.78, 5) is 25.4. The van der Waals surface area contributed by atoms with E-state index >= 15 is 0 Å². The fourth-order valence-electron chi connectivity index (χ4n) is 3.65. The van der Waals surface area contributed by atoms with Crippen molar-refractivity contribution in [3.05, 3.63) is 70.3 Å². The van der Waals surface area contributed by atoms with E-state index in [1.165, 1.54) is 16.9 Å². The van der Waals surface area contributed by atoms with Crippen molar-refractivity contribution in [2.45, 2.75) is 19.9 Å². The molecule has 32 heavy (non-hydrogen) atoms. The molecule has 1 aliphatic heterocycles. The molecule has 1 amide bonds. The maximum atomic E-state index is 12.0. The first kappa shape index (κ1) is 22.2. The number of aromatic nitrogens is 2. The minimum Gasteiger partial charge on any atom is -0.494 e. The lowest BCUT2D eigenvalue weighted by molar-refractivity contribution is 0.0947. The molecular weight excluding hydrogens is 422 g/mol. The van der Waals surface area contributed by atoms with E-state index in [4.69, 9.17) is 4.74 Å². The highest BCUT2D eigenvalue weighted by atomic mass is 32.1. The van der Waals surface area contributed by atoms with E-state index in [0.717, 1.165) is 55.7 Å². The average molecular weight is 452 g/mol. The van der Waals surface area contributed by atoms with Gasteiger partial charge in [0.15, 0.2) is 0 Å². The Morgan fingerprint density at radius 3 is 2.62 bits per heavy atom. The molecule has 4 rings (SSSR count). The summed E-state index contributed by atoms with van der Waals surface area (Å²) in [6.45, 7) is 8.02. The average Bonchev–Trinajstić information content (AvgIpc) is 3.27. The Balaban J connectivity index is 1.13. The number of carbonyl (C=O) groups excluding carboxylic acids is 1. The van der Waals surface area contributed by atoms with E-state index < -0.39 is 0 Å². The summed E-state index contributed by atoms with van der Waals surface area (Å²) in [7, 11) is 0. The zero-order valence-electron chi connectivity index (χ0n) is 18.4. The van der Waals surface area contributed by atoms with E-state index in [-0.39, 0.29) is 5.91 Å². The molecule has 1 saturated heterocycles. The highest BCUT2D eigenvalue weighted by molar-refractivity contribution is 7.09. The number of hydrogen-bond donors (Lipinski definition) is 1. The summed E-state index contributed by atoms with van der Waals surface area (Å²) >= 11 is 1.48. The van der Waals surface area contributed by atoms with Gasteiger partial charge < -0.3 is 15.0 Å². The van der Waals surface area contributed by atoms with Crippen LogP contribution in [0.2, 0.25) is 0 Å². The molecule has 8 heteroatoms. The third-order valence-electron chi connectivity index (χ3n) is 5.40. The number of thiazole rings is 1. The van der Waals surface area contributed by atoms with E-state index in [2.05, 4.69) is 43.3 Å². The number of hydrogen-bond acceptors (Lipinski definition) is 7. The number of rotatable bonds is 9. The molecule has 1 N–H and O–H groups in total. The zero-order valence-corrected chi connectivity index (χ0v) is 19.2. The highest BCUT2D eigenvalue weighted by Crippen LogP contribution is 2.17. The number of nitrogens with one attached hydrogen (secondary N) is 1. The van der Waals surface area contributed by atoms with Crippen molar-refractivity contribution >= 4 is 23.1 Å². The maximum Gasteiger partial charge on any atom is 0.270 e. The molecule has 7 nitrogen and oxygen atoms in total. The first-order chi connectivity index (χ1) is 15.7. The number of ether oxygens (including phenoxy) is 1. The molecule has 1 aliphatic rings. The SMILES string of the molecule is Cc1nc(C(=O)NCCCOc2ccc(CN3CCN(c4ccccn4)CC3)cc2)cs1. The van der Waals surface area contributed by atoms with Crippen LogP contribution in [0.3, 0.4) is 0 Å². The minimum atomic E-state index is -0.125. The summed E-state index contributed by atoms with van der Waals surface area (Å²) in [6, 6.07) is 14.4. The van der Waals surface area contributed by atoms with E-state index in [1.807, 2.05) is 37.4 Å². The molecule has 168 valence electrons. The standard InChI is InChI=1S/C24H29N5O2S/c1-19-27-22(18-32-19)24(30)26-11-4-16-31-21-8-6-20(7-9-21)17-28-12-14-29(15-13-28)23-5-2-3-10-25-23/h2-3,5-10,18H,4,11-17H2,1H3,(H,26,30). The molecule has 1 fully saturated rings. The van der Waals surface area contributed by atoms with Gasteiger partial charge in [-0.3, -0.25) is 9.69 Å². The summed E-state index contributed by atoms with van der Waals surface area (Å²) in [5.74, 6) is 1.79. The normalized spacial score (nSPS) is 14.3. The number of nitrogens with zero attached hydrogens (tertiary/aromatic N) is 4. The zero-order chi connectivity index (χ0) is 22.2. The van der Waals surface area contributed by atoms with Crippen LogP contribution in [-0.4, -0.2) is 60.1 Å². The molecule has 3 heterocycles. The summed E-state index contributed by atoms with van der Waals surface area (Å²) < 4.78 is 5.81. The second-order valence-corrected chi connectivity index (χ2v) is 8.87. The monoisotopic (exact) mass is 451 g/mol. The lowest BCUT2D eigenvalue weighted by Crippen LogP contribution is -2.46. The van der Waals surface area contributed by atoms with Crippen molar-refractivity contribution in [3.8, 4) is 5.75 Å². The molecule has 0 saturated carbocycles. The lowest BCUT2D eigenvalue weighted by atomic mass is 10.2. The Labute approximate surface area is 193 Å². The largest absolute Gasteiger partial charge is 0.494 e. The fraction of sp³-hybridized carbons (Fsp3) is 0.375. The molecule has 0 unspecified atom stereocenters. The minimum absolute atomic E-state index is 0.125. The van der Waals surface area contributed by atoms with Gasteiger partial charge >= 0.3 is 0 Å². The Morgan fingerprint density at radius 2 is 1.94 bits per heavy atom. The van der Waals surface area contributed by atoms with Crippen LogP contribution in [0.5, 0.6) is 5.75 Å². The molecule has 0 bridgehead atoms. The van der Waals surface area contributed by atoms with Crippen LogP contribution >= 0.6 is 11.3 Å². The number of benzene rings is 1. The Hall–Kier alpha value is -2.97. The second-order valence-electron chi connectivity index (χ2n) is 7.80. The van der Waals surface area contributed by atoms with E-state index in [9.17, 15) is 4.79 Å². The van der Waals surface area contributed by atoms with Crippen molar-refractivity contribution in [3.63, 3.8) is 0 Å². The third kappa shape index (κ3) is 6.27. The first-order valence-electron chi connectivity index (χ1n) is 11.0. The van der Waals surface area contributed by atoms with Gasteiger partial charge in [0.25, 0.3) is 5.91 Å². The highest BCUT2D eigenvalue weighted by Gasteiger charge is 2.17. The van der Waals surface area contributed by atoms with Gasteiger partial charge in [0, 0.05) is 50.8 Å². The van der Waals surface area contributed by atoms with Crippen LogP contribution in [0.15, 0.2) is 54.0 Å². The summed E-state index contributed by atoms with van der Waals surface area (Å²) in [6.07, 6.45) is 2.60. The fourth-order valence-corrected chi connectivity index (χ4v) is 4.24. The molecule has 0 aliphatic carbocycles. The lowest BCUT2D eigenvalue weighted by Gasteiger charge is -2.35. The quantitative estimate of drug-likeness (QED) is 0.503. The molecule has 3 aromatic rings. The van der Waals surface area contributed by atoms with Crippen molar-refractivity contribution in [2.75, 3.05) is 44.2 Å². The van der Waals surface area contributed by atoms with E-state index in [1.54, 1.807) is 5.38 Å². The van der Waals surface area contributed by atoms with Gasteiger partial charge in [-0.1, -0.05) is 18.2 Å². The van der Waals surface area contributed by atoms with E-state index in [0.29, 0.717) is 18.8 Å². The third-order valence-corrected chi connectivity index (χ3v) is 6.18. The summed E-state index contributed by atoms with van der Waals surface area (Å²) in [5.41, 5.74) is 1.77. The van der Waals surface area contributed by atoms with Crippen molar-refractivity contribution in [1.29, 1.82) is 0 Å². The van der Waals surface area contributed by atoms with Gasteiger partial charge in [-0.15, -0.1) is 11.3 Å². The van der Waals surface area contributed by atoms with Gasteiger partial charge in [0.1, 0.15) is 17.3 Å². The number of amides is 1. The molecule has 0 radical (unpaired) electrons. The van der Waals surface area contributed by atoms with Crippen LogP contribution in [-0.2, 0) is 6.54 Å². The molecule has 1 aromatic carbocycles. The van der Waals surface area contributed by atoms with Crippen molar-refractivity contribution in [1.82, 2.24) is 20.2 Å². The second kappa shape index (κ2) is 11.1. The number of anilines is 1. The van der Waals surface area contributed by atoms with Gasteiger partial charge in [-0.05, 0) is 43.2 Å². The van der Waals surface area contributed by atoms with Crippen LogP contribution in [0, 0.1) is 6.92 Å². The molecule has 2 aromatic heterocycles. The smallest absolute Gasteiger partial charge is 0.270 e. The number of carbonyl (C=O) groups is 1. The van der Waals surface area contributed by atoms with Crippen LogP contribution in [0.25, 0.3) is 0 Å². The van der Waals surface area contributed by atoms with Gasteiger partial charge in [0.2, 0.25) is 0 Å². The Kier molecular flexibility index (Phi) is 7.68. The molecule has 0 atom stereocenters. The number of aryl methyl sites for hydroxylation is 1. The number of pyridine rings is 1. The predicted molar refractivity (Wildman–Crippen MR) is 127 cm³/mol. The number of piperazine rings is 1. The van der Waals surface area contributed by atoms with Gasteiger partial charge in [0.05, 0.1) is 11.6 Å². The van der Waals surface area contributed by atoms with Crippen LogP contribution in [0.4, 0.5) is 5.82 Å². The molecule has 0 spiro atoms. The van der Waals surface area contributed by atoms with Crippen LogP contribution < -0.4 is 15.0 Å². The maximum absolute atomic E-state index is 12.0. The van der Waals surface area contributed by atoms with Crippen LogP contribution in [0.1, 0.15) is 27.5 Å². The Morgan fingerprint density at radius 1 is 1.12 bits per heavy atom. The first-order valence-corrected chi connectivity index (χ1v) is 11.9. The molecular formula is C24H29N5O2S. The Bertz CT molecular complexity index is 985. The summed E-state index contributed by atoms with van der Waals surface area (Å²) in [5, 5.41) is 5.56. The van der Waals surface area contributed by atoms with Crippen molar-refractivity contribution in [2.24, 2.45) is 0 Å².